The van der Waals surface area contributed by atoms with Crippen LogP contribution in [-0.4, -0.2) is 39.8 Å². The van der Waals surface area contributed by atoms with Crippen molar-refractivity contribution in [2.45, 2.75) is 13.0 Å². The Morgan fingerprint density at radius 3 is 2.94 bits per heavy atom. The zero-order valence-electron chi connectivity index (χ0n) is 9.34. The third-order valence-corrected chi connectivity index (χ3v) is 2.81. The predicted octanol–water partition coefficient (Wildman–Crippen LogP) is 1.38. The van der Waals surface area contributed by atoms with Gasteiger partial charge in [0.25, 0.3) is 0 Å². The van der Waals surface area contributed by atoms with E-state index in [1.165, 1.54) is 0 Å². The molecule has 6 heteroatoms. The number of carbonyl (C=O) groups excluding carboxylic acids is 1. The molecule has 0 aliphatic heterocycles. The highest BCUT2D eigenvalue weighted by Gasteiger charge is 2.14. The lowest BCUT2D eigenvalue weighted by Gasteiger charge is -2.21. The van der Waals surface area contributed by atoms with Gasteiger partial charge in [-0.05, 0) is 11.8 Å². The Balaban J connectivity index is 2.73. The van der Waals surface area contributed by atoms with E-state index < -0.39 is 0 Å². The van der Waals surface area contributed by atoms with E-state index in [1.807, 2.05) is 6.07 Å². The molecule has 0 radical (unpaired) electrons. The maximum absolute atomic E-state index is 11.8. The summed E-state index contributed by atoms with van der Waals surface area (Å²) in [5.41, 5.74) is 0.773. The topological polar surface area (TPSA) is 53.4 Å². The lowest BCUT2D eigenvalue weighted by Crippen LogP contribution is -2.33. The van der Waals surface area contributed by atoms with Crippen molar-refractivity contribution in [1.82, 2.24) is 9.88 Å². The number of nitrogens with zero attached hydrogens (tertiary/aromatic N) is 2. The number of halogens is 1. The highest BCUT2D eigenvalue weighted by atomic mass is 35.5. The molecular weight excluding hydrogens is 260 g/mol. The summed E-state index contributed by atoms with van der Waals surface area (Å²) < 4.78 is 0. The number of aliphatic hydroxyl groups is 1. The zero-order valence-corrected chi connectivity index (χ0v) is 11.0. The highest BCUT2D eigenvalue weighted by molar-refractivity contribution is 7.80. The van der Waals surface area contributed by atoms with Crippen LogP contribution in [-0.2, 0) is 11.3 Å². The van der Waals surface area contributed by atoms with Crippen molar-refractivity contribution in [3.8, 4) is 0 Å². The van der Waals surface area contributed by atoms with Crippen molar-refractivity contribution < 1.29 is 9.90 Å². The Morgan fingerprint density at radius 2 is 2.35 bits per heavy atom. The molecule has 0 aliphatic rings. The van der Waals surface area contributed by atoms with E-state index in [1.54, 1.807) is 17.2 Å². The first kappa shape index (κ1) is 14.3. The maximum Gasteiger partial charge on any atom is 0.223 e. The summed E-state index contributed by atoms with van der Waals surface area (Å²) in [6.07, 6.45) is 1.94. The summed E-state index contributed by atoms with van der Waals surface area (Å²) in [6.45, 7) is 0.577. The summed E-state index contributed by atoms with van der Waals surface area (Å²) in [6, 6.07) is 3.58. The number of thiol groups is 1. The van der Waals surface area contributed by atoms with E-state index in [9.17, 15) is 4.79 Å². The van der Waals surface area contributed by atoms with Crippen LogP contribution in [0, 0.1) is 0 Å². The molecule has 1 amide bonds. The summed E-state index contributed by atoms with van der Waals surface area (Å²) in [5, 5.41) is 9.32. The van der Waals surface area contributed by atoms with Crippen molar-refractivity contribution in [2.24, 2.45) is 0 Å². The van der Waals surface area contributed by atoms with Gasteiger partial charge < -0.3 is 10.0 Å². The molecule has 1 N–H and O–H groups in total. The van der Waals surface area contributed by atoms with Gasteiger partial charge in [0.05, 0.1) is 6.61 Å². The molecule has 0 aliphatic carbocycles. The maximum atomic E-state index is 11.8. The molecule has 1 heterocycles. The van der Waals surface area contributed by atoms with Gasteiger partial charge in [0.2, 0.25) is 5.91 Å². The molecule has 1 aromatic rings. The van der Waals surface area contributed by atoms with Gasteiger partial charge in [-0.15, -0.1) is 0 Å². The first-order valence-corrected chi connectivity index (χ1v) is 6.29. The monoisotopic (exact) mass is 274 g/mol. The Labute approximate surface area is 111 Å². The first-order valence-electron chi connectivity index (χ1n) is 5.28. The third kappa shape index (κ3) is 4.53. The molecule has 1 aromatic heterocycles. The number of hydrogen-bond acceptors (Lipinski definition) is 4. The van der Waals surface area contributed by atoms with Crippen LogP contribution < -0.4 is 0 Å². The molecule has 0 atom stereocenters. The molecule has 0 saturated heterocycles. The molecular formula is C11H15ClN2O2S. The standard InChI is InChI=1S/C11H15ClN2O2S/c12-11-9(2-1-4-13-11)8-14(5-6-15)10(16)3-7-17/h1-2,4,15,17H,3,5-8H2. The smallest absolute Gasteiger partial charge is 0.223 e. The minimum absolute atomic E-state index is 0.0473. The van der Waals surface area contributed by atoms with Gasteiger partial charge in [0.1, 0.15) is 5.15 Å². The van der Waals surface area contributed by atoms with Crippen molar-refractivity contribution in [1.29, 1.82) is 0 Å². The minimum Gasteiger partial charge on any atom is -0.395 e. The summed E-state index contributed by atoms with van der Waals surface area (Å²) in [7, 11) is 0. The van der Waals surface area contributed by atoms with E-state index in [0.717, 1.165) is 5.56 Å². The second-order valence-electron chi connectivity index (χ2n) is 3.47. The van der Waals surface area contributed by atoms with Crippen molar-refractivity contribution in [3.05, 3.63) is 29.0 Å². The van der Waals surface area contributed by atoms with Crippen LogP contribution in [0.2, 0.25) is 5.15 Å². The van der Waals surface area contributed by atoms with E-state index >= 15 is 0 Å². The molecule has 0 saturated carbocycles. The van der Waals surface area contributed by atoms with Crippen molar-refractivity contribution in [2.75, 3.05) is 18.9 Å². The molecule has 4 nitrogen and oxygen atoms in total. The van der Waals surface area contributed by atoms with E-state index in [2.05, 4.69) is 17.6 Å². The molecule has 0 bridgehead atoms. The fourth-order valence-electron chi connectivity index (χ4n) is 1.41. The number of rotatable bonds is 6. The van der Waals surface area contributed by atoms with Crippen LogP contribution in [0.4, 0.5) is 0 Å². The largest absolute Gasteiger partial charge is 0.395 e. The second-order valence-corrected chi connectivity index (χ2v) is 4.27. The number of amides is 1. The van der Waals surface area contributed by atoms with Crippen LogP contribution in [0.25, 0.3) is 0 Å². The van der Waals surface area contributed by atoms with Crippen LogP contribution in [0.5, 0.6) is 0 Å². The fourth-order valence-corrected chi connectivity index (χ4v) is 1.78. The van der Waals surface area contributed by atoms with Gasteiger partial charge >= 0.3 is 0 Å². The number of aliphatic hydroxyl groups excluding tert-OH is 1. The average molecular weight is 275 g/mol. The van der Waals surface area contributed by atoms with Crippen LogP contribution in [0.1, 0.15) is 12.0 Å². The molecule has 0 aromatic carbocycles. The predicted molar refractivity (Wildman–Crippen MR) is 70.2 cm³/mol. The lowest BCUT2D eigenvalue weighted by molar-refractivity contribution is -0.131. The molecule has 0 fully saturated rings. The summed E-state index contributed by atoms with van der Waals surface area (Å²) >= 11 is 9.94. The third-order valence-electron chi connectivity index (χ3n) is 2.25. The van der Waals surface area contributed by atoms with E-state index in [-0.39, 0.29) is 19.1 Å². The van der Waals surface area contributed by atoms with Gasteiger partial charge in [-0.25, -0.2) is 4.98 Å². The fraction of sp³-hybridized carbons (Fsp3) is 0.455. The molecule has 1 rings (SSSR count). The Hall–Kier alpha value is -0.780. The number of pyridine rings is 1. The van der Waals surface area contributed by atoms with Crippen LogP contribution in [0.3, 0.4) is 0 Å². The normalized spacial score (nSPS) is 10.3. The van der Waals surface area contributed by atoms with Gasteiger partial charge in [0.15, 0.2) is 0 Å². The van der Waals surface area contributed by atoms with Crippen molar-refractivity contribution in [3.63, 3.8) is 0 Å². The SMILES string of the molecule is O=C(CCS)N(CCO)Cc1cccnc1Cl. The Kier molecular flexibility index (Phi) is 6.32. The quantitative estimate of drug-likeness (QED) is 0.609. The Morgan fingerprint density at radius 1 is 1.59 bits per heavy atom. The molecule has 17 heavy (non-hydrogen) atoms. The summed E-state index contributed by atoms with van der Waals surface area (Å²) in [4.78, 5) is 17.3. The van der Waals surface area contributed by atoms with Gasteiger partial charge in [0, 0.05) is 31.3 Å². The van der Waals surface area contributed by atoms with Crippen LogP contribution in [0.15, 0.2) is 18.3 Å². The first-order chi connectivity index (χ1) is 8.19. The van der Waals surface area contributed by atoms with Crippen molar-refractivity contribution >= 4 is 30.1 Å². The molecule has 94 valence electrons. The van der Waals surface area contributed by atoms with Gasteiger partial charge in [-0.3, -0.25) is 4.79 Å². The summed E-state index contributed by atoms with van der Waals surface area (Å²) in [5.74, 6) is 0.440. The number of hydrogen-bond donors (Lipinski definition) is 2. The average Bonchev–Trinajstić information content (AvgIpc) is 2.31. The van der Waals surface area contributed by atoms with E-state index in [4.69, 9.17) is 16.7 Å². The van der Waals surface area contributed by atoms with E-state index in [0.29, 0.717) is 23.9 Å². The van der Waals surface area contributed by atoms with Gasteiger partial charge in [-0.1, -0.05) is 17.7 Å². The lowest BCUT2D eigenvalue weighted by atomic mass is 10.2. The van der Waals surface area contributed by atoms with Gasteiger partial charge in [-0.2, -0.15) is 12.6 Å². The van der Waals surface area contributed by atoms with Crippen LogP contribution >= 0.6 is 24.2 Å². The Bertz CT molecular complexity index is 376. The zero-order chi connectivity index (χ0) is 12.7. The highest BCUT2D eigenvalue weighted by Crippen LogP contribution is 2.14. The molecule has 0 spiro atoms. The molecule has 0 unspecified atom stereocenters. The second kappa shape index (κ2) is 7.53. The minimum atomic E-state index is -0.0732. The number of aromatic nitrogens is 1. The number of carbonyl (C=O) groups is 1.